The van der Waals surface area contributed by atoms with Gasteiger partial charge in [-0.1, -0.05) is 17.7 Å². The average molecular weight is 419 g/mol. The van der Waals surface area contributed by atoms with E-state index in [0.29, 0.717) is 18.1 Å². The molecule has 4 rings (SSSR count). The molecule has 3 aromatic heterocycles. The lowest BCUT2D eigenvalue weighted by atomic mass is 10.3. The third-order valence-electron chi connectivity index (χ3n) is 4.78. The standard InChI is InChI=1S/C23H23ClN6/c1-17-3-8-22(26-13-17)27-14-23-28-19(15-29(2)20-9-11-25-12-10-20)16-30(23)21-6-4-18(24)5-7-21/h3-13,16H,14-15H2,1-2H3,(H,26,27). The number of rotatable bonds is 7. The van der Waals surface area contributed by atoms with Crippen LogP contribution in [0, 0.1) is 6.92 Å². The molecular weight excluding hydrogens is 396 g/mol. The molecular formula is C23H23ClN6. The van der Waals surface area contributed by atoms with E-state index in [1.807, 2.05) is 68.7 Å². The maximum Gasteiger partial charge on any atom is 0.133 e. The second-order valence-corrected chi connectivity index (χ2v) is 7.57. The van der Waals surface area contributed by atoms with Crippen LogP contribution in [0.1, 0.15) is 17.1 Å². The summed E-state index contributed by atoms with van der Waals surface area (Å²) < 4.78 is 2.09. The predicted molar refractivity (Wildman–Crippen MR) is 121 cm³/mol. The molecule has 6 nitrogen and oxygen atoms in total. The molecule has 0 fully saturated rings. The summed E-state index contributed by atoms with van der Waals surface area (Å²) in [6.07, 6.45) is 7.51. The predicted octanol–water partition coefficient (Wildman–Crippen LogP) is 4.87. The summed E-state index contributed by atoms with van der Waals surface area (Å²) in [5.74, 6) is 1.72. The molecule has 7 heteroatoms. The van der Waals surface area contributed by atoms with Crippen LogP contribution >= 0.6 is 11.6 Å². The smallest absolute Gasteiger partial charge is 0.133 e. The molecule has 0 saturated heterocycles. The van der Waals surface area contributed by atoms with Crippen molar-refractivity contribution in [2.24, 2.45) is 0 Å². The Bertz CT molecular complexity index is 1090. The van der Waals surface area contributed by atoms with Gasteiger partial charge in [-0.25, -0.2) is 9.97 Å². The lowest BCUT2D eigenvalue weighted by Crippen LogP contribution is -2.16. The number of aryl methyl sites for hydroxylation is 1. The van der Waals surface area contributed by atoms with E-state index in [1.165, 1.54) is 0 Å². The van der Waals surface area contributed by atoms with Crippen molar-refractivity contribution in [2.75, 3.05) is 17.3 Å². The monoisotopic (exact) mass is 418 g/mol. The molecule has 0 aliphatic heterocycles. The quantitative estimate of drug-likeness (QED) is 0.464. The normalized spacial score (nSPS) is 10.8. The van der Waals surface area contributed by atoms with Gasteiger partial charge in [0.15, 0.2) is 0 Å². The van der Waals surface area contributed by atoms with Crippen LogP contribution in [0.3, 0.4) is 0 Å². The van der Waals surface area contributed by atoms with Crippen molar-refractivity contribution >= 4 is 23.1 Å². The van der Waals surface area contributed by atoms with Gasteiger partial charge in [0.1, 0.15) is 11.6 Å². The zero-order valence-electron chi connectivity index (χ0n) is 17.0. The van der Waals surface area contributed by atoms with Gasteiger partial charge < -0.3 is 14.8 Å². The van der Waals surface area contributed by atoms with Gasteiger partial charge in [-0.3, -0.25) is 4.98 Å². The molecule has 0 atom stereocenters. The van der Waals surface area contributed by atoms with Crippen molar-refractivity contribution in [3.8, 4) is 5.69 Å². The second-order valence-electron chi connectivity index (χ2n) is 7.13. The minimum Gasteiger partial charge on any atom is -0.369 e. The fraction of sp³-hybridized carbons (Fsp3) is 0.174. The number of nitrogens with zero attached hydrogens (tertiary/aromatic N) is 5. The Hall–Kier alpha value is -3.38. The Morgan fingerprint density at radius 2 is 1.80 bits per heavy atom. The summed E-state index contributed by atoms with van der Waals surface area (Å²) >= 11 is 6.08. The van der Waals surface area contributed by atoms with Crippen LogP contribution in [0.2, 0.25) is 5.02 Å². The number of nitrogens with one attached hydrogen (secondary N) is 1. The molecule has 4 aromatic rings. The molecule has 0 unspecified atom stereocenters. The fourth-order valence-corrected chi connectivity index (χ4v) is 3.30. The molecule has 30 heavy (non-hydrogen) atoms. The summed E-state index contributed by atoms with van der Waals surface area (Å²) in [5.41, 5.74) is 4.20. The minimum absolute atomic E-state index is 0.553. The number of hydrogen-bond acceptors (Lipinski definition) is 5. The van der Waals surface area contributed by atoms with E-state index in [2.05, 4.69) is 30.9 Å². The van der Waals surface area contributed by atoms with Gasteiger partial charge in [-0.15, -0.1) is 0 Å². The van der Waals surface area contributed by atoms with E-state index in [9.17, 15) is 0 Å². The van der Waals surface area contributed by atoms with Crippen LogP contribution < -0.4 is 10.2 Å². The van der Waals surface area contributed by atoms with E-state index in [1.54, 1.807) is 12.4 Å². The van der Waals surface area contributed by atoms with Crippen LogP contribution in [-0.4, -0.2) is 26.6 Å². The second kappa shape index (κ2) is 8.97. The average Bonchev–Trinajstić information content (AvgIpc) is 3.17. The SMILES string of the molecule is Cc1ccc(NCc2nc(CN(C)c3ccncc3)cn2-c2ccc(Cl)cc2)nc1. The Morgan fingerprint density at radius 1 is 1.03 bits per heavy atom. The van der Waals surface area contributed by atoms with Gasteiger partial charge in [-0.05, 0) is 55.0 Å². The summed E-state index contributed by atoms with van der Waals surface area (Å²) in [5, 5.41) is 4.07. The van der Waals surface area contributed by atoms with E-state index >= 15 is 0 Å². The number of imidazole rings is 1. The zero-order chi connectivity index (χ0) is 20.9. The summed E-state index contributed by atoms with van der Waals surface area (Å²) in [6.45, 7) is 3.26. The van der Waals surface area contributed by atoms with Gasteiger partial charge >= 0.3 is 0 Å². The number of pyridine rings is 2. The summed E-state index contributed by atoms with van der Waals surface area (Å²) in [4.78, 5) is 15.5. The molecule has 0 aliphatic rings. The summed E-state index contributed by atoms with van der Waals surface area (Å²) in [7, 11) is 2.05. The molecule has 0 aliphatic carbocycles. The van der Waals surface area contributed by atoms with Crippen molar-refractivity contribution < 1.29 is 0 Å². The Morgan fingerprint density at radius 3 is 2.50 bits per heavy atom. The van der Waals surface area contributed by atoms with Crippen molar-refractivity contribution in [1.29, 1.82) is 0 Å². The van der Waals surface area contributed by atoms with Gasteiger partial charge in [0.05, 0.1) is 18.8 Å². The maximum atomic E-state index is 6.08. The third-order valence-corrected chi connectivity index (χ3v) is 5.03. The highest BCUT2D eigenvalue weighted by molar-refractivity contribution is 6.30. The van der Waals surface area contributed by atoms with Crippen molar-refractivity contribution in [2.45, 2.75) is 20.0 Å². The number of benzene rings is 1. The first-order valence-electron chi connectivity index (χ1n) is 9.69. The van der Waals surface area contributed by atoms with Crippen molar-refractivity contribution in [3.05, 3.63) is 95.4 Å². The van der Waals surface area contributed by atoms with Gasteiger partial charge in [-0.2, -0.15) is 0 Å². The number of hydrogen-bond donors (Lipinski definition) is 1. The topological polar surface area (TPSA) is 58.9 Å². The Labute approximate surface area is 181 Å². The first-order chi connectivity index (χ1) is 14.6. The number of halogens is 1. The first-order valence-corrected chi connectivity index (χ1v) is 10.1. The van der Waals surface area contributed by atoms with Crippen LogP contribution in [0.25, 0.3) is 5.69 Å². The molecule has 3 heterocycles. The minimum atomic E-state index is 0.553. The van der Waals surface area contributed by atoms with E-state index in [-0.39, 0.29) is 0 Å². The van der Waals surface area contributed by atoms with E-state index < -0.39 is 0 Å². The molecule has 152 valence electrons. The fourth-order valence-electron chi connectivity index (χ4n) is 3.17. The lowest BCUT2D eigenvalue weighted by Gasteiger charge is -2.17. The highest BCUT2D eigenvalue weighted by Gasteiger charge is 2.12. The largest absolute Gasteiger partial charge is 0.369 e. The lowest BCUT2D eigenvalue weighted by molar-refractivity contribution is 0.871. The first kappa shape index (κ1) is 19.9. The molecule has 0 bridgehead atoms. The Balaban J connectivity index is 1.59. The molecule has 0 spiro atoms. The molecule has 0 radical (unpaired) electrons. The van der Waals surface area contributed by atoms with Crippen LogP contribution in [0.4, 0.5) is 11.5 Å². The Kier molecular flexibility index (Phi) is 5.95. The van der Waals surface area contributed by atoms with Gasteiger partial charge in [0.2, 0.25) is 0 Å². The number of anilines is 2. The van der Waals surface area contributed by atoms with Gasteiger partial charge in [0, 0.05) is 48.2 Å². The van der Waals surface area contributed by atoms with Crippen LogP contribution in [0.5, 0.6) is 0 Å². The highest BCUT2D eigenvalue weighted by Crippen LogP contribution is 2.19. The van der Waals surface area contributed by atoms with E-state index in [4.69, 9.17) is 16.6 Å². The third kappa shape index (κ3) is 4.78. The molecule has 1 aromatic carbocycles. The zero-order valence-corrected chi connectivity index (χ0v) is 17.7. The van der Waals surface area contributed by atoms with Crippen molar-refractivity contribution in [1.82, 2.24) is 19.5 Å². The summed E-state index contributed by atoms with van der Waals surface area (Å²) in [6, 6.07) is 15.8. The van der Waals surface area contributed by atoms with Gasteiger partial charge in [0.25, 0.3) is 0 Å². The highest BCUT2D eigenvalue weighted by atomic mass is 35.5. The molecule has 1 N–H and O–H groups in total. The van der Waals surface area contributed by atoms with Crippen LogP contribution in [0.15, 0.2) is 73.3 Å². The van der Waals surface area contributed by atoms with Crippen molar-refractivity contribution in [3.63, 3.8) is 0 Å². The van der Waals surface area contributed by atoms with Crippen LogP contribution in [-0.2, 0) is 13.1 Å². The maximum absolute atomic E-state index is 6.08. The molecule has 0 saturated carbocycles. The van der Waals surface area contributed by atoms with E-state index in [0.717, 1.165) is 34.3 Å². The molecule has 0 amide bonds. The number of aromatic nitrogens is 4.